The molecular weight excluding hydrogens is 359 g/mol. The van der Waals surface area contributed by atoms with Crippen LogP contribution in [0, 0.1) is 0 Å². The van der Waals surface area contributed by atoms with E-state index >= 15 is 0 Å². The predicted octanol–water partition coefficient (Wildman–Crippen LogP) is 4.19. The van der Waals surface area contributed by atoms with Crippen molar-refractivity contribution in [1.29, 1.82) is 0 Å². The second-order valence-corrected chi connectivity index (χ2v) is 5.86. The number of benzene rings is 2. The number of H-pyrrole nitrogens is 1. The zero-order valence-electron chi connectivity index (χ0n) is 14.2. The molecule has 0 aliphatic rings. The molecule has 0 aliphatic carbocycles. The third-order valence-electron chi connectivity index (χ3n) is 3.75. The van der Waals surface area contributed by atoms with Crippen molar-refractivity contribution in [1.82, 2.24) is 9.97 Å². The van der Waals surface area contributed by atoms with E-state index in [-0.39, 0.29) is 12.4 Å². The van der Waals surface area contributed by atoms with Crippen LogP contribution < -0.4 is 10.5 Å². The zero-order chi connectivity index (χ0) is 19.3. The van der Waals surface area contributed by atoms with E-state index in [2.05, 4.69) is 14.7 Å². The summed E-state index contributed by atoms with van der Waals surface area (Å²) in [7, 11) is 0. The number of nitrogens with two attached hydrogens (primary N) is 1. The number of aromatic nitrogens is 2. The number of halogens is 3. The van der Waals surface area contributed by atoms with E-state index in [1.54, 1.807) is 6.20 Å². The Morgan fingerprint density at radius 2 is 1.74 bits per heavy atom. The van der Waals surface area contributed by atoms with Gasteiger partial charge in [-0.1, -0.05) is 30.3 Å². The second-order valence-electron chi connectivity index (χ2n) is 5.86. The number of rotatable bonds is 7. The van der Waals surface area contributed by atoms with Gasteiger partial charge in [0.25, 0.3) is 0 Å². The van der Waals surface area contributed by atoms with Crippen LogP contribution in [-0.4, -0.2) is 22.9 Å². The number of imidazole rings is 1. The lowest BCUT2D eigenvalue weighted by molar-refractivity contribution is -0.274. The Bertz CT molecular complexity index is 849. The lowest BCUT2D eigenvalue weighted by Gasteiger charge is -2.10. The number of nitrogens with zero attached hydrogens (tertiary/aromatic N) is 1. The molecule has 0 saturated carbocycles. The van der Waals surface area contributed by atoms with Crippen LogP contribution in [0.25, 0.3) is 11.3 Å². The molecule has 8 heteroatoms. The summed E-state index contributed by atoms with van der Waals surface area (Å²) < 4.78 is 46.1. The first-order valence-corrected chi connectivity index (χ1v) is 8.19. The highest BCUT2D eigenvalue weighted by molar-refractivity contribution is 5.59. The SMILES string of the molecule is N[C@@H](COCc1ccccc1)c1ncc(-c2ccc(OC(F)(F)F)cc2)[nH]1. The maximum atomic E-state index is 12.2. The summed E-state index contributed by atoms with van der Waals surface area (Å²) in [6.07, 6.45) is -3.14. The smallest absolute Gasteiger partial charge is 0.406 e. The minimum absolute atomic E-state index is 0.278. The Morgan fingerprint density at radius 3 is 2.41 bits per heavy atom. The number of hydrogen-bond donors (Lipinski definition) is 2. The summed E-state index contributed by atoms with van der Waals surface area (Å²) in [5, 5.41) is 0. The van der Waals surface area contributed by atoms with Gasteiger partial charge in [0.2, 0.25) is 0 Å². The summed E-state index contributed by atoms with van der Waals surface area (Å²) >= 11 is 0. The van der Waals surface area contributed by atoms with Gasteiger partial charge in [0.05, 0.1) is 31.1 Å². The highest BCUT2D eigenvalue weighted by atomic mass is 19.4. The summed E-state index contributed by atoms with van der Waals surface area (Å²) in [4.78, 5) is 7.29. The predicted molar refractivity (Wildman–Crippen MR) is 93.7 cm³/mol. The van der Waals surface area contributed by atoms with Crippen LogP contribution in [0.15, 0.2) is 60.8 Å². The fraction of sp³-hybridized carbons (Fsp3) is 0.211. The van der Waals surface area contributed by atoms with Gasteiger partial charge in [-0.2, -0.15) is 0 Å². The Hall–Kier alpha value is -2.84. The molecule has 5 nitrogen and oxygen atoms in total. The van der Waals surface area contributed by atoms with Crippen molar-refractivity contribution in [2.45, 2.75) is 19.0 Å². The Balaban J connectivity index is 1.57. The van der Waals surface area contributed by atoms with E-state index in [1.807, 2.05) is 30.3 Å². The van der Waals surface area contributed by atoms with E-state index in [0.29, 0.717) is 23.7 Å². The Labute approximate surface area is 153 Å². The molecule has 0 amide bonds. The van der Waals surface area contributed by atoms with Crippen molar-refractivity contribution in [2.24, 2.45) is 5.73 Å². The largest absolute Gasteiger partial charge is 0.573 e. The second kappa shape index (κ2) is 8.24. The molecule has 3 aromatic rings. The first-order valence-electron chi connectivity index (χ1n) is 8.19. The van der Waals surface area contributed by atoms with Crippen molar-refractivity contribution >= 4 is 0 Å². The molecule has 0 bridgehead atoms. The molecule has 142 valence electrons. The monoisotopic (exact) mass is 377 g/mol. The number of hydrogen-bond acceptors (Lipinski definition) is 4. The number of aromatic amines is 1. The molecule has 0 unspecified atom stereocenters. The van der Waals surface area contributed by atoms with Crippen LogP contribution in [0.4, 0.5) is 13.2 Å². The van der Waals surface area contributed by atoms with Gasteiger partial charge in [-0.05, 0) is 35.4 Å². The maximum Gasteiger partial charge on any atom is 0.573 e. The fourth-order valence-electron chi connectivity index (χ4n) is 2.46. The summed E-state index contributed by atoms with van der Waals surface area (Å²) in [5.74, 6) is 0.255. The first kappa shape index (κ1) is 18.9. The number of nitrogens with one attached hydrogen (secondary N) is 1. The third-order valence-corrected chi connectivity index (χ3v) is 3.75. The van der Waals surface area contributed by atoms with Crippen LogP contribution in [0.5, 0.6) is 5.75 Å². The molecule has 0 aliphatic heterocycles. The zero-order valence-corrected chi connectivity index (χ0v) is 14.2. The summed E-state index contributed by atoms with van der Waals surface area (Å²) in [6.45, 7) is 0.725. The molecule has 3 N–H and O–H groups in total. The van der Waals surface area contributed by atoms with Gasteiger partial charge >= 0.3 is 6.36 Å². The minimum atomic E-state index is -4.71. The first-order chi connectivity index (χ1) is 12.9. The van der Waals surface area contributed by atoms with Gasteiger partial charge in [-0.15, -0.1) is 13.2 Å². The van der Waals surface area contributed by atoms with E-state index < -0.39 is 12.4 Å². The topological polar surface area (TPSA) is 73.2 Å². The Morgan fingerprint density at radius 1 is 1.04 bits per heavy atom. The van der Waals surface area contributed by atoms with Crippen molar-refractivity contribution in [3.05, 3.63) is 72.2 Å². The van der Waals surface area contributed by atoms with Crippen LogP contribution in [0.1, 0.15) is 17.4 Å². The van der Waals surface area contributed by atoms with E-state index in [9.17, 15) is 13.2 Å². The fourth-order valence-corrected chi connectivity index (χ4v) is 2.46. The molecule has 0 radical (unpaired) electrons. The average molecular weight is 377 g/mol. The molecule has 0 fully saturated rings. The van der Waals surface area contributed by atoms with Gasteiger partial charge in [-0.25, -0.2) is 4.98 Å². The highest BCUT2D eigenvalue weighted by Gasteiger charge is 2.31. The lowest BCUT2D eigenvalue weighted by Crippen LogP contribution is -2.18. The number of ether oxygens (including phenoxy) is 2. The van der Waals surface area contributed by atoms with E-state index in [4.69, 9.17) is 10.5 Å². The maximum absolute atomic E-state index is 12.2. The van der Waals surface area contributed by atoms with E-state index in [0.717, 1.165) is 5.56 Å². The standard InChI is InChI=1S/C19H18F3N3O2/c20-19(21,22)27-15-8-6-14(7-9-15)17-10-24-18(25-17)16(23)12-26-11-13-4-2-1-3-5-13/h1-10,16H,11-12,23H2,(H,24,25)/t16-/m0/s1. The van der Waals surface area contributed by atoms with Gasteiger partial charge in [0, 0.05) is 0 Å². The van der Waals surface area contributed by atoms with Crippen LogP contribution in [-0.2, 0) is 11.3 Å². The minimum Gasteiger partial charge on any atom is -0.406 e. The molecule has 0 spiro atoms. The van der Waals surface area contributed by atoms with Crippen molar-refractivity contribution < 1.29 is 22.6 Å². The van der Waals surface area contributed by atoms with Gasteiger partial charge < -0.3 is 20.2 Å². The molecule has 0 saturated heterocycles. The quantitative estimate of drug-likeness (QED) is 0.648. The molecular formula is C19H18F3N3O2. The molecule has 1 heterocycles. The highest BCUT2D eigenvalue weighted by Crippen LogP contribution is 2.26. The van der Waals surface area contributed by atoms with Crippen LogP contribution in [0.2, 0.25) is 0 Å². The van der Waals surface area contributed by atoms with Gasteiger partial charge in [0.15, 0.2) is 0 Å². The molecule has 3 rings (SSSR count). The van der Waals surface area contributed by atoms with Crippen molar-refractivity contribution in [2.75, 3.05) is 6.61 Å². The van der Waals surface area contributed by atoms with Crippen molar-refractivity contribution in [3.8, 4) is 17.0 Å². The van der Waals surface area contributed by atoms with Crippen molar-refractivity contribution in [3.63, 3.8) is 0 Å². The lowest BCUT2D eigenvalue weighted by atomic mass is 10.2. The molecule has 1 aromatic heterocycles. The molecule has 1 atom stereocenters. The summed E-state index contributed by atoms with van der Waals surface area (Å²) in [5.41, 5.74) is 8.44. The number of alkyl halides is 3. The van der Waals surface area contributed by atoms with Gasteiger partial charge in [0.1, 0.15) is 11.6 Å². The Kier molecular flexibility index (Phi) is 5.78. The molecule has 27 heavy (non-hydrogen) atoms. The van der Waals surface area contributed by atoms with Gasteiger partial charge in [-0.3, -0.25) is 0 Å². The third kappa shape index (κ3) is 5.57. The van der Waals surface area contributed by atoms with Crippen LogP contribution in [0.3, 0.4) is 0 Å². The normalized spacial score (nSPS) is 12.7. The van der Waals surface area contributed by atoms with E-state index in [1.165, 1.54) is 24.3 Å². The van der Waals surface area contributed by atoms with Crippen LogP contribution >= 0.6 is 0 Å². The molecule has 2 aromatic carbocycles. The average Bonchev–Trinajstić information content (AvgIpc) is 3.12. The summed E-state index contributed by atoms with van der Waals surface area (Å²) in [6, 6.07) is 14.8.